The molecule has 0 saturated carbocycles. The lowest BCUT2D eigenvalue weighted by atomic mass is 9.99. The summed E-state index contributed by atoms with van der Waals surface area (Å²) in [4.78, 5) is 25.2. The summed E-state index contributed by atoms with van der Waals surface area (Å²) in [5, 5.41) is 89.9. The van der Waals surface area contributed by atoms with Crippen LogP contribution in [0.4, 0.5) is 0 Å². The maximum Gasteiger partial charge on any atom is 0.338 e. The van der Waals surface area contributed by atoms with Gasteiger partial charge in [-0.15, -0.1) is 0 Å². The molecule has 43 heavy (non-hydrogen) atoms. The van der Waals surface area contributed by atoms with Crippen LogP contribution in [0.5, 0.6) is 40.2 Å². The Bertz CT molecular complexity index is 1720. The highest BCUT2D eigenvalue weighted by Crippen LogP contribution is 2.37. The van der Waals surface area contributed by atoms with Gasteiger partial charge in [0, 0.05) is 17.7 Å². The van der Waals surface area contributed by atoms with Crippen LogP contribution in [0.25, 0.3) is 22.3 Å². The van der Waals surface area contributed by atoms with Crippen LogP contribution in [0.2, 0.25) is 0 Å². The number of aromatic hydroxyl groups is 6. The van der Waals surface area contributed by atoms with Gasteiger partial charge in [-0.1, -0.05) is 0 Å². The van der Waals surface area contributed by atoms with E-state index in [1.807, 2.05) is 0 Å². The number of carbonyl (C=O) groups is 1. The molecular weight excluding hydrogens is 576 g/mol. The molecule has 0 spiro atoms. The van der Waals surface area contributed by atoms with Crippen molar-refractivity contribution in [3.05, 3.63) is 64.3 Å². The summed E-state index contributed by atoms with van der Waals surface area (Å²) in [6.07, 6.45) is -8.69. The van der Waals surface area contributed by atoms with Crippen molar-refractivity contribution in [2.75, 3.05) is 6.61 Å². The molecule has 5 atom stereocenters. The van der Waals surface area contributed by atoms with Crippen molar-refractivity contribution in [1.82, 2.24) is 0 Å². The third-order valence-electron chi connectivity index (χ3n) is 6.66. The van der Waals surface area contributed by atoms with E-state index in [0.29, 0.717) is 0 Å². The molecule has 0 aliphatic carbocycles. The zero-order valence-electron chi connectivity index (χ0n) is 21.7. The fraction of sp³-hybridized carbons (Fsp3) is 0.214. The molecule has 226 valence electrons. The van der Waals surface area contributed by atoms with Crippen LogP contribution in [0.15, 0.2) is 57.7 Å². The fourth-order valence-electron chi connectivity index (χ4n) is 4.39. The minimum atomic E-state index is -1.87. The topological polar surface area (TPSA) is 257 Å². The van der Waals surface area contributed by atoms with E-state index < -0.39 is 82.8 Å². The van der Waals surface area contributed by atoms with Crippen molar-refractivity contribution in [2.24, 2.45) is 0 Å². The van der Waals surface area contributed by atoms with Crippen LogP contribution in [-0.2, 0) is 9.47 Å². The molecule has 1 aromatic heterocycles. The van der Waals surface area contributed by atoms with Crippen molar-refractivity contribution in [1.29, 1.82) is 0 Å². The van der Waals surface area contributed by atoms with Crippen LogP contribution < -0.4 is 10.2 Å². The number of rotatable bonds is 6. The maximum atomic E-state index is 12.8. The standard InChI is InChI=1S/C28H24O15/c29-12-3-1-10(2-4-12)26-24(37)22(35)19-14(30)7-13(8-17(19)42-26)41-28-25(38)23(36)21(34)18(43-28)9-40-27(39)11-5-15(31)20(33)16(32)6-11/h1-8,18,21,23,25,28-34,36-38H,9H2/t18?,21-,23+,25?,28-/m1/s1. The second kappa shape index (κ2) is 11.2. The van der Waals surface area contributed by atoms with Gasteiger partial charge in [0.15, 0.2) is 23.0 Å². The quantitative estimate of drug-likeness (QED) is 0.109. The molecule has 1 fully saturated rings. The van der Waals surface area contributed by atoms with Gasteiger partial charge in [-0.2, -0.15) is 0 Å². The fourth-order valence-corrected chi connectivity index (χ4v) is 4.39. The van der Waals surface area contributed by atoms with Crippen LogP contribution in [-0.4, -0.2) is 89.2 Å². The minimum Gasteiger partial charge on any atom is -0.508 e. The third-order valence-corrected chi connectivity index (χ3v) is 6.66. The lowest BCUT2D eigenvalue weighted by molar-refractivity contribution is -0.277. The number of benzene rings is 3. The third kappa shape index (κ3) is 5.52. The van der Waals surface area contributed by atoms with Gasteiger partial charge < -0.3 is 64.6 Å². The largest absolute Gasteiger partial charge is 0.508 e. The molecule has 0 radical (unpaired) electrons. The lowest BCUT2D eigenvalue weighted by Gasteiger charge is -2.39. The van der Waals surface area contributed by atoms with E-state index in [1.54, 1.807) is 0 Å². The summed E-state index contributed by atoms with van der Waals surface area (Å²) in [6, 6.07) is 9.05. The van der Waals surface area contributed by atoms with Crippen molar-refractivity contribution in [3.8, 4) is 51.6 Å². The molecule has 9 N–H and O–H groups in total. The van der Waals surface area contributed by atoms with Crippen molar-refractivity contribution in [3.63, 3.8) is 0 Å². The lowest BCUT2D eigenvalue weighted by Crippen LogP contribution is -2.60. The number of hydrogen-bond acceptors (Lipinski definition) is 15. The van der Waals surface area contributed by atoms with E-state index in [9.17, 15) is 55.5 Å². The van der Waals surface area contributed by atoms with Gasteiger partial charge in [-0.05, 0) is 36.4 Å². The molecule has 1 aliphatic rings. The molecular formula is C28H24O15. The summed E-state index contributed by atoms with van der Waals surface area (Å²) >= 11 is 0. The van der Waals surface area contributed by atoms with E-state index in [0.717, 1.165) is 24.3 Å². The Labute approximate surface area is 239 Å². The monoisotopic (exact) mass is 600 g/mol. The molecule has 0 amide bonds. The number of hydrogen-bond donors (Lipinski definition) is 9. The highest BCUT2D eigenvalue weighted by atomic mass is 16.7. The number of fused-ring (bicyclic) bond motifs is 1. The van der Waals surface area contributed by atoms with Gasteiger partial charge in [0.25, 0.3) is 0 Å². The Morgan fingerprint density at radius 2 is 1.44 bits per heavy atom. The van der Waals surface area contributed by atoms with Crippen LogP contribution >= 0.6 is 0 Å². The van der Waals surface area contributed by atoms with Gasteiger partial charge in [0.05, 0.1) is 5.56 Å². The zero-order chi connectivity index (χ0) is 31.2. The highest BCUT2D eigenvalue weighted by molar-refractivity contribution is 5.91. The molecule has 5 rings (SSSR count). The number of phenols is 5. The highest BCUT2D eigenvalue weighted by Gasteiger charge is 2.45. The molecule has 15 heteroatoms. The molecule has 2 unspecified atom stereocenters. The summed E-state index contributed by atoms with van der Waals surface area (Å²) in [6.45, 7) is -0.709. The van der Waals surface area contributed by atoms with Crippen molar-refractivity contribution >= 4 is 16.9 Å². The van der Waals surface area contributed by atoms with Gasteiger partial charge in [-0.3, -0.25) is 4.79 Å². The molecule has 1 saturated heterocycles. The summed E-state index contributed by atoms with van der Waals surface area (Å²) < 4.78 is 21.8. The number of ether oxygens (including phenoxy) is 3. The van der Waals surface area contributed by atoms with Crippen LogP contribution in [0.3, 0.4) is 0 Å². The first-order valence-corrected chi connectivity index (χ1v) is 12.5. The molecule has 3 aromatic carbocycles. The first-order valence-electron chi connectivity index (χ1n) is 12.5. The average Bonchev–Trinajstić information content (AvgIpc) is 2.97. The van der Waals surface area contributed by atoms with E-state index in [1.165, 1.54) is 24.3 Å². The molecule has 15 nitrogen and oxygen atoms in total. The molecule has 0 bridgehead atoms. The zero-order valence-corrected chi connectivity index (χ0v) is 21.7. The van der Waals surface area contributed by atoms with Gasteiger partial charge >= 0.3 is 5.97 Å². The van der Waals surface area contributed by atoms with Gasteiger partial charge in [0.1, 0.15) is 59.2 Å². The Morgan fingerprint density at radius 1 is 0.791 bits per heavy atom. The van der Waals surface area contributed by atoms with Crippen LogP contribution in [0, 0.1) is 0 Å². The summed E-state index contributed by atoms with van der Waals surface area (Å²) in [5.74, 6) is -5.64. The SMILES string of the molecule is O=C(OCC1O[C@@H](Oc2cc(O)c3c(=O)c(O)c(-c4ccc(O)cc4)oc3c2)C(O)[C@@H](O)[C@@H]1O)c1cc(O)c(O)c(O)c1. The number of aliphatic hydroxyl groups is 3. The van der Waals surface area contributed by atoms with Crippen molar-refractivity contribution < 1.29 is 69.4 Å². The second-order valence-electron chi connectivity index (χ2n) is 9.57. The number of esters is 1. The number of carbonyl (C=O) groups excluding carboxylic acids is 1. The average molecular weight is 600 g/mol. The van der Waals surface area contributed by atoms with Gasteiger partial charge in [-0.25, -0.2) is 4.79 Å². The first-order chi connectivity index (χ1) is 20.3. The Hall–Kier alpha value is -5.22. The normalized spacial score (nSPS) is 21.9. The van der Waals surface area contributed by atoms with E-state index >= 15 is 0 Å². The number of aliphatic hydroxyl groups excluding tert-OH is 3. The second-order valence-corrected chi connectivity index (χ2v) is 9.57. The van der Waals surface area contributed by atoms with E-state index in [4.69, 9.17) is 18.6 Å². The summed E-state index contributed by atoms with van der Waals surface area (Å²) in [5.41, 5.74) is -1.37. The molecule has 1 aliphatic heterocycles. The maximum absolute atomic E-state index is 12.8. The predicted octanol–water partition coefficient (Wildman–Crippen LogP) is 0.737. The Balaban J connectivity index is 1.38. The number of phenolic OH excluding ortho intramolecular Hbond substituents is 5. The van der Waals surface area contributed by atoms with Crippen molar-refractivity contribution in [2.45, 2.75) is 30.7 Å². The predicted molar refractivity (Wildman–Crippen MR) is 142 cm³/mol. The van der Waals surface area contributed by atoms with E-state index in [-0.39, 0.29) is 34.0 Å². The summed E-state index contributed by atoms with van der Waals surface area (Å²) in [7, 11) is 0. The molecule has 2 heterocycles. The molecule has 4 aromatic rings. The smallest absolute Gasteiger partial charge is 0.338 e. The van der Waals surface area contributed by atoms with Gasteiger partial charge in [0.2, 0.25) is 17.5 Å². The van der Waals surface area contributed by atoms with E-state index in [2.05, 4.69) is 0 Å². The minimum absolute atomic E-state index is 0.0786. The Kier molecular flexibility index (Phi) is 7.64. The first kappa shape index (κ1) is 29.3. The van der Waals surface area contributed by atoms with Crippen LogP contribution in [0.1, 0.15) is 10.4 Å². The Morgan fingerprint density at radius 3 is 2.09 bits per heavy atom.